The third kappa shape index (κ3) is 63.2. The van der Waals surface area contributed by atoms with Gasteiger partial charge >= 0.3 is 17.9 Å². The molecule has 0 spiro atoms. The van der Waals surface area contributed by atoms with Crippen LogP contribution < -0.4 is 0 Å². The van der Waals surface area contributed by atoms with E-state index in [1.165, 1.54) is 167 Å². The first-order valence-electron chi connectivity index (χ1n) is 33.2. The molecule has 1 unspecified atom stereocenters. The Balaban J connectivity index is 4.27. The fraction of sp³-hybridized carbons (Fsp3) is 0.736. The van der Waals surface area contributed by atoms with E-state index in [4.69, 9.17) is 14.2 Å². The lowest BCUT2D eigenvalue weighted by molar-refractivity contribution is -0.167. The topological polar surface area (TPSA) is 78.9 Å². The highest BCUT2D eigenvalue weighted by molar-refractivity contribution is 5.71. The van der Waals surface area contributed by atoms with Crippen LogP contribution in [0.3, 0.4) is 0 Å². The SMILES string of the molecule is CC/C=C\C/C=C\C/C=C\C/C=C\CCCCCCCCCCCCCCCCC(=O)OCC(COC(=O)CCCCCCCCCCCCCC)OC(=O)CCCCCCCCCC/C=C\C/C=C\C/C=C\C/C=C\CC. The van der Waals surface area contributed by atoms with Gasteiger partial charge in [0.15, 0.2) is 6.10 Å². The Bertz CT molecular complexity index is 1530. The summed E-state index contributed by atoms with van der Waals surface area (Å²) in [4.78, 5) is 38.3. The van der Waals surface area contributed by atoms with Crippen LogP contribution in [0.2, 0.25) is 0 Å². The van der Waals surface area contributed by atoms with Crippen molar-refractivity contribution >= 4 is 17.9 Å². The van der Waals surface area contributed by atoms with E-state index in [-0.39, 0.29) is 31.1 Å². The molecule has 0 N–H and O–H groups in total. The quantitative estimate of drug-likeness (QED) is 0.0261. The summed E-state index contributed by atoms with van der Waals surface area (Å²) in [5.41, 5.74) is 0. The molecule has 78 heavy (non-hydrogen) atoms. The molecule has 0 aliphatic rings. The standard InChI is InChI=1S/C72H124O6/c1-4-7-10-13-16-19-22-25-27-29-31-33-34-35-36-37-38-40-41-43-45-47-50-53-56-59-62-65-71(74)77-68-69(67-76-70(73)64-61-58-55-52-49-24-21-18-15-12-9-6-3)78-72(75)66-63-60-57-54-51-48-46-44-42-39-32-30-28-26-23-20-17-14-11-8-5-2/h7-8,10-11,16-17,19-20,25-28,31-33,39,69H,4-6,9,12-15,18,21-24,29-30,34-38,40-68H2,1-3H3/b10-7-,11-8-,19-16-,20-17-,27-25-,28-26-,33-31-,39-32-. The zero-order chi connectivity index (χ0) is 56.4. The van der Waals surface area contributed by atoms with Gasteiger partial charge in [0.05, 0.1) is 0 Å². The van der Waals surface area contributed by atoms with Crippen LogP contribution in [0.5, 0.6) is 0 Å². The highest BCUT2D eigenvalue weighted by Crippen LogP contribution is 2.17. The molecule has 0 saturated carbocycles. The predicted octanol–water partition coefficient (Wildman–Crippen LogP) is 22.8. The van der Waals surface area contributed by atoms with Crippen molar-refractivity contribution in [1.82, 2.24) is 0 Å². The summed E-state index contributed by atoms with van der Waals surface area (Å²) < 4.78 is 16.9. The molecule has 6 heteroatoms. The number of unbranched alkanes of at least 4 members (excludes halogenated alkanes) is 33. The van der Waals surface area contributed by atoms with E-state index in [1.54, 1.807) is 0 Å². The van der Waals surface area contributed by atoms with Crippen molar-refractivity contribution in [3.8, 4) is 0 Å². The Kier molecular flexibility index (Phi) is 62.7. The molecule has 0 bridgehead atoms. The van der Waals surface area contributed by atoms with Crippen LogP contribution in [0.4, 0.5) is 0 Å². The molecular formula is C72H124O6. The van der Waals surface area contributed by atoms with E-state index >= 15 is 0 Å². The van der Waals surface area contributed by atoms with Crippen molar-refractivity contribution in [2.75, 3.05) is 13.2 Å². The summed E-state index contributed by atoms with van der Waals surface area (Å²) in [6.45, 7) is 6.44. The molecule has 0 aromatic rings. The van der Waals surface area contributed by atoms with Gasteiger partial charge < -0.3 is 14.2 Å². The molecule has 0 saturated heterocycles. The van der Waals surface area contributed by atoms with E-state index in [2.05, 4.69) is 118 Å². The zero-order valence-electron chi connectivity index (χ0n) is 51.4. The summed E-state index contributed by atoms with van der Waals surface area (Å²) in [5.74, 6) is -0.872. The average Bonchev–Trinajstić information content (AvgIpc) is 3.44. The van der Waals surface area contributed by atoms with E-state index in [9.17, 15) is 14.4 Å². The fourth-order valence-electron chi connectivity index (χ4n) is 9.43. The predicted molar refractivity (Wildman–Crippen MR) is 339 cm³/mol. The number of carbonyl (C=O) groups is 3. The van der Waals surface area contributed by atoms with Crippen LogP contribution in [0.15, 0.2) is 97.2 Å². The maximum absolute atomic E-state index is 12.9. The van der Waals surface area contributed by atoms with Crippen LogP contribution in [0.25, 0.3) is 0 Å². The Hall–Kier alpha value is -3.67. The number of carbonyl (C=O) groups excluding carboxylic acids is 3. The largest absolute Gasteiger partial charge is 0.462 e. The number of allylic oxidation sites excluding steroid dienone is 16. The monoisotopic (exact) mass is 1080 g/mol. The zero-order valence-corrected chi connectivity index (χ0v) is 51.4. The Morgan fingerprint density at radius 3 is 0.782 bits per heavy atom. The van der Waals surface area contributed by atoms with Crippen molar-refractivity contribution in [3.63, 3.8) is 0 Å². The molecule has 0 aliphatic heterocycles. The second-order valence-corrected chi connectivity index (χ2v) is 22.0. The molecule has 0 rings (SSSR count). The number of ether oxygens (including phenoxy) is 3. The summed E-state index contributed by atoms with van der Waals surface area (Å²) >= 11 is 0. The van der Waals surface area contributed by atoms with Crippen LogP contribution in [0, 0.1) is 0 Å². The van der Waals surface area contributed by atoms with Gasteiger partial charge in [0.1, 0.15) is 13.2 Å². The van der Waals surface area contributed by atoms with Gasteiger partial charge in [-0.25, -0.2) is 0 Å². The smallest absolute Gasteiger partial charge is 0.306 e. The van der Waals surface area contributed by atoms with Crippen molar-refractivity contribution in [2.24, 2.45) is 0 Å². The number of esters is 3. The summed E-state index contributed by atoms with van der Waals surface area (Å²) in [5, 5.41) is 0. The van der Waals surface area contributed by atoms with Crippen LogP contribution >= 0.6 is 0 Å². The van der Waals surface area contributed by atoms with E-state index in [1.807, 2.05) is 0 Å². The lowest BCUT2D eigenvalue weighted by Crippen LogP contribution is -2.30. The summed E-state index contributed by atoms with van der Waals surface area (Å²) in [7, 11) is 0. The summed E-state index contributed by atoms with van der Waals surface area (Å²) in [6, 6.07) is 0. The molecule has 0 amide bonds. The number of rotatable bonds is 60. The molecule has 0 aromatic heterocycles. The highest BCUT2D eigenvalue weighted by Gasteiger charge is 2.19. The lowest BCUT2D eigenvalue weighted by atomic mass is 10.0. The van der Waals surface area contributed by atoms with Crippen LogP contribution in [0.1, 0.15) is 323 Å². The minimum absolute atomic E-state index is 0.0772. The van der Waals surface area contributed by atoms with E-state index in [0.29, 0.717) is 19.3 Å². The molecule has 0 aliphatic carbocycles. The Morgan fingerprint density at radius 2 is 0.500 bits per heavy atom. The van der Waals surface area contributed by atoms with Crippen molar-refractivity contribution < 1.29 is 28.6 Å². The van der Waals surface area contributed by atoms with Gasteiger partial charge in [-0.3, -0.25) is 14.4 Å². The van der Waals surface area contributed by atoms with Gasteiger partial charge in [0.2, 0.25) is 0 Å². The normalized spacial score (nSPS) is 12.7. The molecule has 1 atom stereocenters. The van der Waals surface area contributed by atoms with Gasteiger partial charge in [0, 0.05) is 19.3 Å². The van der Waals surface area contributed by atoms with Crippen LogP contribution in [-0.4, -0.2) is 37.2 Å². The third-order valence-electron chi connectivity index (χ3n) is 14.3. The van der Waals surface area contributed by atoms with Gasteiger partial charge in [-0.2, -0.15) is 0 Å². The average molecular weight is 1090 g/mol. The number of hydrogen-bond acceptors (Lipinski definition) is 6. The van der Waals surface area contributed by atoms with Gasteiger partial charge in [-0.15, -0.1) is 0 Å². The molecule has 0 aromatic carbocycles. The first kappa shape index (κ1) is 74.3. The highest BCUT2D eigenvalue weighted by atomic mass is 16.6. The molecular weight excluding hydrogens is 961 g/mol. The van der Waals surface area contributed by atoms with Crippen molar-refractivity contribution in [3.05, 3.63) is 97.2 Å². The molecule has 0 fully saturated rings. The first-order chi connectivity index (χ1) is 38.5. The molecule has 6 nitrogen and oxygen atoms in total. The lowest BCUT2D eigenvalue weighted by Gasteiger charge is -2.18. The van der Waals surface area contributed by atoms with Crippen LogP contribution in [-0.2, 0) is 28.6 Å². The third-order valence-corrected chi connectivity index (χ3v) is 14.3. The van der Waals surface area contributed by atoms with Gasteiger partial charge in [-0.05, 0) is 96.3 Å². The van der Waals surface area contributed by atoms with Gasteiger partial charge in [-0.1, -0.05) is 304 Å². The van der Waals surface area contributed by atoms with Crippen molar-refractivity contribution in [1.29, 1.82) is 0 Å². The van der Waals surface area contributed by atoms with Crippen molar-refractivity contribution in [2.45, 2.75) is 329 Å². The Labute approximate surface area is 483 Å². The molecule has 0 radical (unpaired) electrons. The molecule has 0 heterocycles. The number of hydrogen-bond donors (Lipinski definition) is 0. The maximum atomic E-state index is 12.9. The van der Waals surface area contributed by atoms with E-state index in [0.717, 1.165) is 116 Å². The molecule has 448 valence electrons. The summed E-state index contributed by atoms with van der Waals surface area (Å²) in [6.07, 6.45) is 88.5. The van der Waals surface area contributed by atoms with E-state index < -0.39 is 6.10 Å². The second-order valence-electron chi connectivity index (χ2n) is 22.0. The second kappa shape index (κ2) is 65.8. The first-order valence-corrected chi connectivity index (χ1v) is 33.2. The minimum Gasteiger partial charge on any atom is -0.462 e. The minimum atomic E-state index is -0.781. The fourth-order valence-corrected chi connectivity index (χ4v) is 9.43. The van der Waals surface area contributed by atoms with Gasteiger partial charge in [0.25, 0.3) is 0 Å². The maximum Gasteiger partial charge on any atom is 0.306 e. The Morgan fingerprint density at radius 1 is 0.269 bits per heavy atom.